The maximum atomic E-state index is 12.9. The van der Waals surface area contributed by atoms with Crippen molar-refractivity contribution < 1.29 is 4.39 Å². The molecule has 100 valence electrons. The van der Waals surface area contributed by atoms with Crippen molar-refractivity contribution in [1.82, 2.24) is 19.7 Å². The van der Waals surface area contributed by atoms with Crippen LogP contribution in [-0.2, 0) is 0 Å². The van der Waals surface area contributed by atoms with Crippen LogP contribution in [-0.4, -0.2) is 19.7 Å². The van der Waals surface area contributed by atoms with E-state index < -0.39 is 5.82 Å². The Balaban J connectivity index is 2.05. The molecule has 2 N–H and O–H groups in total. The van der Waals surface area contributed by atoms with Gasteiger partial charge in [-0.2, -0.15) is 5.10 Å². The summed E-state index contributed by atoms with van der Waals surface area (Å²) >= 11 is 0. The van der Waals surface area contributed by atoms with Crippen molar-refractivity contribution in [3.63, 3.8) is 0 Å². The van der Waals surface area contributed by atoms with Crippen LogP contribution >= 0.6 is 0 Å². The van der Waals surface area contributed by atoms with Gasteiger partial charge in [0.1, 0.15) is 11.5 Å². The van der Waals surface area contributed by atoms with E-state index in [1.54, 1.807) is 23.1 Å². The molecule has 0 saturated carbocycles. The summed E-state index contributed by atoms with van der Waals surface area (Å²) in [4.78, 5) is 8.22. The Bertz CT molecular complexity index is 749. The lowest BCUT2D eigenvalue weighted by atomic mass is 10.2. The summed E-state index contributed by atoms with van der Waals surface area (Å²) in [7, 11) is 0. The highest BCUT2D eigenvalue weighted by Crippen LogP contribution is 2.23. The van der Waals surface area contributed by atoms with Gasteiger partial charge in [-0.15, -0.1) is 0 Å². The minimum Gasteiger partial charge on any atom is -0.396 e. The van der Waals surface area contributed by atoms with Crippen molar-refractivity contribution in [3.05, 3.63) is 54.2 Å². The maximum absolute atomic E-state index is 12.9. The smallest absolute Gasteiger partial charge is 0.153 e. The highest BCUT2D eigenvalue weighted by Gasteiger charge is 2.11. The number of anilines is 1. The van der Waals surface area contributed by atoms with Crippen molar-refractivity contribution in [2.75, 3.05) is 5.73 Å². The zero-order valence-corrected chi connectivity index (χ0v) is 10.8. The van der Waals surface area contributed by atoms with Crippen LogP contribution in [0, 0.1) is 12.7 Å². The standard InChI is InChI=1S/C14H12FN5/c1-9-4-5-17-13(6-9)20-8-11(16)14(19-20)12-3-2-10(15)7-18-12/h2-8H,16H2,1H3. The Hall–Kier alpha value is -2.76. The number of nitrogens with zero attached hydrogens (tertiary/aromatic N) is 4. The molecule has 3 aromatic rings. The first-order valence-electron chi connectivity index (χ1n) is 6.03. The number of nitrogen functional groups attached to an aromatic ring is 1. The van der Waals surface area contributed by atoms with Crippen molar-refractivity contribution in [2.24, 2.45) is 0 Å². The molecule has 6 heteroatoms. The quantitative estimate of drug-likeness (QED) is 0.775. The van der Waals surface area contributed by atoms with Crippen LogP contribution in [0.1, 0.15) is 5.56 Å². The Kier molecular flexibility index (Phi) is 2.90. The van der Waals surface area contributed by atoms with Crippen molar-refractivity contribution in [3.8, 4) is 17.2 Å². The van der Waals surface area contributed by atoms with Gasteiger partial charge in [0.05, 0.1) is 23.8 Å². The molecule has 0 saturated heterocycles. The summed E-state index contributed by atoms with van der Waals surface area (Å²) in [5.41, 5.74) is 8.51. The molecule has 3 rings (SSSR count). The number of nitrogens with two attached hydrogens (primary N) is 1. The second kappa shape index (κ2) is 4.73. The molecule has 0 aliphatic rings. The molecule has 0 aromatic carbocycles. The lowest BCUT2D eigenvalue weighted by molar-refractivity contribution is 0.621. The zero-order chi connectivity index (χ0) is 14.1. The lowest BCUT2D eigenvalue weighted by Gasteiger charge is -2.00. The summed E-state index contributed by atoms with van der Waals surface area (Å²) in [5, 5.41) is 4.37. The van der Waals surface area contributed by atoms with Gasteiger partial charge in [-0.1, -0.05) is 0 Å². The van der Waals surface area contributed by atoms with Crippen molar-refractivity contribution in [2.45, 2.75) is 6.92 Å². The topological polar surface area (TPSA) is 69.6 Å². The van der Waals surface area contributed by atoms with Crippen LogP contribution in [0.3, 0.4) is 0 Å². The monoisotopic (exact) mass is 269 g/mol. The Morgan fingerprint density at radius 1 is 1.20 bits per heavy atom. The first-order chi connectivity index (χ1) is 9.63. The van der Waals surface area contributed by atoms with Crippen LogP contribution < -0.4 is 5.73 Å². The summed E-state index contributed by atoms with van der Waals surface area (Å²) in [5.74, 6) is 0.275. The molecular formula is C14H12FN5. The number of aromatic nitrogens is 4. The largest absolute Gasteiger partial charge is 0.396 e. The van der Waals surface area contributed by atoms with Gasteiger partial charge >= 0.3 is 0 Å². The second-order valence-corrected chi connectivity index (χ2v) is 4.43. The number of halogens is 1. The van der Waals surface area contributed by atoms with E-state index in [1.807, 2.05) is 19.1 Å². The van der Waals surface area contributed by atoms with Crippen LogP contribution in [0.25, 0.3) is 17.2 Å². The second-order valence-electron chi connectivity index (χ2n) is 4.43. The lowest BCUT2D eigenvalue weighted by Crippen LogP contribution is -1.98. The third kappa shape index (κ3) is 2.23. The Morgan fingerprint density at radius 3 is 2.75 bits per heavy atom. The molecule has 0 amide bonds. The van der Waals surface area contributed by atoms with Gasteiger partial charge in [0.25, 0.3) is 0 Å². The molecular weight excluding hydrogens is 257 g/mol. The number of hydrogen-bond donors (Lipinski definition) is 1. The molecule has 0 aliphatic heterocycles. The van der Waals surface area contributed by atoms with E-state index >= 15 is 0 Å². The molecule has 20 heavy (non-hydrogen) atoms. The third-order valence-corrected chi connectivity index (χ3v) is 2.85. The van der Waals surface area contributed by atoms with Gasteiger partial charge in [-0.25, -0.2) is 14.1 Å². The summed E-state index contributed by atoms with van der Waals surface area (Å²) in [6.45, 7) is 1.97. The molecule has 3 aromatic heterocycles. The van der Waals surface area contributed by atoms with Crippen molar-refractivity contribution >= 4 is 5.69 Å². The predicted molar refractivity (Wildman–Crippen MR) is 73.7 cm³/mol. The van der Waals surface area contributed by atoms with Gasteiger partial charge < -0.3 is 5.73 Å². The Morgan fingerprint density at radius 2 is 2.05 bits per heavy atom. The third-order valence-electron chi connectivity index (χ3n) is 2.85. The van der Waals surface area contributed by atoms with Gasteiger partial charge in [0, 0.05) is 6.20 Å². The highest BCUT2D eigenvalue weighted by atomic mass is 19.1. The minimum absolute atomic E-state index is 0.396. The molecule has 3 heterocycles. The SMILES string of the molecule is Cc1ccnc(-n2cc(N)c(-c3ccc(F)cn3)n2)c1. The summed E-state index contributed by atoms with van der Waals surface area (Å²) in [6, 6.07) is 6.67. The molecule has 0 aliphatic carbocycles. The Labute approximate surface area is 114 Å². The van der Waals surface area contributed by atoms with E-state index in [2.05, 4.69) is 15.1 Å². The normalized spacial score (nSPS) is 10.7. The van der Waals surface area contributed by atoms with Crippen LogP contribution in [0.5, 0.6) is 0 Å². The first-order valence-corrected chi connectivity index (χ1v) is 6.03. The molecule has 0 atom stereocenters. The fourth-order valence-electron chi connectivity index (χ4n) is 1.87. The van der Waals surface area contributed by atoms with Crippen LogP contribution in [0.4, 0.5) is 10.1 Å². The molecule has 0 radical (unpaired) electrons. The van der Waals surface area contributed by atoms with Crippen molar-refractivity contribution in [1.29, 1.82) is 0 Å². The number of rotatable bonds is 2. The van der Waals surface area contributed by atoms with E-state index in [-0.39, 0.29) is 0 Å². The molecule has 0 fully saturated rings. The first kappa shape index (κ1) is 12.3. The summed E-state index contributed by atoms with van der Waals surface area (Å²) < 4.78 is 14.5. The molecule has 0 bridgehead atoms. The van der Waals surface area contributed by atoms with Crippen LogP contribution in [0.2, 0.25) is 0 Å². The zero-order valence-electron chi connectivity index (χ0n) is 10.8. The average Bonchev–Trinajstić information content (AvgIpc) is 2.82. The van der Waals surface area contributed by atoms with Gasteiger partial charge in [-0.05, 0) is 36.8 Å². The molecule has 0 spiro atoms. The van der Waals surface area contributed by atoms with Gasteiger partial charge in [0.15, 0.2) is 5.82 Å². The van der Waals surface area contributed by atoms with Gasteiger partial charge in [-0.3, -0.25) is 4.98 Å². The highest BCUT2D eigenvalue weighted by molar-refractivity contribution is 5.69. The van der Waals surface area contributed by atoms with Gasteiger partial charge in [0.2, 0.25) is 0 Å². The molecule has 5 nitrogen and oxygen atoms in total. The average molecular weight is 269 g/mol. The van der Waals surface area contributed by atoms with E-state index in [4.69, 9.17) is 5.73 Å². The van der Waals surface area contributed by atoms with E-state index in [0.717, 1.165) is 11.8 Å². The fraction of sp³-hybridized carbons (Fsp3) is 0.0714. The van der Waals surface area contributed by atoms with E-state index in [0.29, 0.717) is 22.9 Å². The molecule has 0 unspecified atom stereocenters. The maximum Gasteiger partial charge on any atom is 0.153 e. The minimum atomic E-state index is -0.396. The van der Waals surface area contributed by atoms with E-state index in [1.165, 1.54) is 6.07 Å². The number of aryl methyl sites for hydroxylation is 1. The summed E-state index contributed by atoms with van der Waals surface area (Å²) in [6.07, 6.45) is 4.51. The predicted octanol–water partition coefficient (Wildman–Crippen LogP) is 2.36. The van der Waals surface area contributed by atoms with E-state index in [9.17, 15) is 4.39 Å². The number of hydrogen-bond acceptors (Lipinski definition) is 4. The fourth-order valence-corrected chi connectivity index (χ4v) is 1.87. The van der Waals surface area contributed by atoms with Crippen LogP contribution in [0.15, 0.2) is 42.9 Å². The number of pyridine rings is 2.